The highest BCUT2D eigenvalue weighted by Crippen LogP contribution is 2.46. The summed E-state index contributed by atoms with van der Waals surface area (Å²) in [7, 11) is 2.19. The summed E-state index contributed by atoms with van der Waals surface area (Å²) in [5.74, 6) is 0.421. The van der Waals surface area contributed by atoms with Gasteiger partial charge in [-0.15, -0.1) is 0 Å². The molecule has 0 unspecified atom stereocenters. The van der Waals surface area contributed by atoms with Crippen LogP contribution in [0, 0.1) is 11.8 Å². The smallest absolute Gasteiger partial charge is 0.0627 e. The van der Waals surface area contributed by atoms with Gasteiger partial charge in [-0.05, 0) is 18.2 Å². The van der Waals surface area contributed by atoms with Crippen molar-refractivity contribution >= 4 is 0 Å². The third-order valence-corrected chi connectivity index (χ3v) is 5.23. The molecule has 1 heterocycles. The molecule has 0 radical (unpaired) electrons. The molecule has 3 rings (SSSR count). The SMILES string of the molecule is C[C@@H]1C(O)[C@@H](C)[C@@H](c2ccccc2)N(C)[C@@H]1c1ccccc1. The Bertz CT molecular complexity index is 544. The molecule has 116 valence electrons. The molecule has 4 atom stereocenters. The maximum atomic E-state index is 10.8. The van der Waals surface area contributed by atoms with E-state index in [9.17, 15) is 5.11 Å². The van der Waals surface area contributed by atoms with Crippen LogP contribution in [0.2, 0.25) is 0 Å². The Morgan fingerprint density at radius 3 is 1.45 bits per heavy atom. The first kappa shape index (κ1) is 15.3. The Hall–Kier alpha value is -1.64. The van der Waals surface area contributed by atoms with Gasteiger partial charge >= 0.3 is 0 Å². The van der Waals surface area contributed by atoms with Crippen LogP contribution >= 0.6 is 0 Å². The predicted octanol–water partition coefficient (Wildman–Crippen LogP) is 4.05. The molecule has 2 aromatic rings. The van der Waals surface area contributed by atoms with Crippen molar-refractivity contribution in [3.63, 3.8) is 0 Å². The summed E-state index contributed by atoms with van der Waals surface area (Å²) in [6.45, 7) is 4.33. The number of aliphatic hydroxyl groups excluding tert-OH is 1. The summed E-state index contributed by atoms with van der Waals surface area (Å²) in [4.78, 5) is 2.44. The largest absolute Gasteiger partial charge is 0.392 e. The van der Waals surface area contributed by atoms with Gasteiger partial charge in [-0.3, -0.25) is 4.90 Å². The van der Waals surface area contributed by atoms with Crippen LogP contribution in [-0.2, 0) is 0 Å². The fourth-order valence-corrected chi connectivity index (χ4v) is 4.15. The van der Waals surface area contributed by atoms with Gasteiger partial charge in [0.2, 0.25) is 0 Å². The lowest BCUT2D eigenvalue weighted by atomic mass is 9.74. The molecule has 0 amide bonds. The maximum Gasteiger partial charge on any atom is 0.0627 e. The minimum atomic E-state index is -0.299. The number of benzene rings is 2. The highest BCUT2D eigenvalue weighted by atomic mass is 16.3. The molecular weight excluding hydrogens is 270 g/mol. The van der Waals surface area contributed by atoms with Gasteiger partial charge in [0.25, 0.3) is 0 Å². The average molecular weight is 295 g/mol. The van der Waals surface area contributed by atoms with Crippen LogP contribution < -0.4 is 0 Å². The van der Waals surface area contributed by atoms with Crippen LogP contribution in [0.15, 0.2) is 60.7 Å². The number of piperidine rings is 1. The molecular formula is C20H25NO. The van der Waals surface area contributed by atoms with Gasteiger partial charge in [0.1, 0.15) is 0 Å². The van der Waals surface area contributed by atoms with E-state index < -0.39 is 0 Å². The van der Waals surface area contributed by atoms with Crippen molar-refractivity contribution in [2.24, 2.45) is 11.8 Å². The first-order chi connectivity index (χ1) is 10.6. The van der Waals surface area contributed by atoms with Crippen LogP contribution in [0.3, 0.4) is 0 Å². The highest BCUT2D eigenvalue weighted by molar-refractivity contribution is 5.26. The molecule has 1 N–H and O–H groups in total. The van der Waals surface area contributed by atoms with E-state index in [0.717, 1.165) is 0 Å². The van der Waals surface area contributed by atoms with E-state index in [1.54, 1.807) is 0 Å². The maximum absolute atomic E-state index is 10.8. The van der Waals surface area contributed by atoms with Crippen molar-refractivity contribution in [3.8, 4) is 0 Å². The molecule has 22 heavy (non-hydrogen) atoms. The quantitative estimate of drug-likeness (QED) is 0.903. The van der Waals surface area contributed by atoms with Crippen LogP contribution in [0.4, 0.5) is 0 Å². The fourth-order valence-electron chi connectivity index (χ4n) is 4.15. The zero-order chi connectivity index (χ0) is 15.7. The Kier molecular flexibility index (Phi) is 4.32. The van der Waals surface area contributed by atoms with E-state index in [1.165, 1.54) is 11.1 Å². The Labute approximate surface area is 133 Å². The number of rotatable bonds is 2. The van der Waals surface area contributed by atoms with Crippen LogP contribution in [0.1, 0.15) is 37.1 Å². The van der Waals surface area contributed by atoms with Gasteiger partial charge in [-0.25, -0.2) is 0 Å². The molecule has 2 heteroatoms. The van der Waals surface area contributed by atoms with Gasteiger partial charge in [-0.1, -0.05) is 74.5 Å². The monoisotopic (exact) mass is 295 g/mol. The van der Waals surface area contributed by atoms with Gasteiger partial charge in [-0.2, -0.15) is 0 Å². The molecule has 1 aliphatic rings. The van der Waals surface area contributed by atoms with Gasteiger partial charge in [0.05, 0.1) is 6.10 Å². The summed E-state index contributed by atoms with van der Waals surface area (Å²) < 4.78 is 0. The fraction of sp³-hybridized carbons (Fsp3) is 0.400. The first-order valence-corrected chi connectivity index (χ1v) is 8.11. The second kappa shape index (κ2) is 6.23. The second-order valence-electron chi connectivity index (χ2n) is 6.59. The van der Waals surface area contributed by atoms with E-state index in [0.29, 0.717) is 0 Å². The predicted molar refractivity (Wildman–Crippen MR) is 90.5 cm³/mol. The first-order valence-electron chi connectivity index (χ1n) is 8.11. The van der Waals surface area contributed by atoms with E-state index in [1.807, 2.05) is 12.1 Å². The molecule has 0 spiro atoms. The van der Waals surface area contributed by atoms with E-state index in [4.69, 9.17) is 0 Å². The summed E-state index contributed by atoms with van der Waals surface area (Å²) in [5, 5.41) is 10.8. The topological polar surface area (TPSA) is 23.5 Å². The lowest BCUT2D eigenvalue weighted by molar-refractivity contribution is -0.0748. The third kappa shape index (κ3) is 2.57. The number of hydrogen-bond acceptors (Lipinski definition) is 2. The Morgan fingerprint density at radius 1 is 0.727 bits per heavy atom. The van der Waals surface area contributed by atoms with Gasteiger partial charge in [0.15, 0.2) is 0 Å². The number of likely N-dealkylation sites (tertiary alicyclic amines) is 1. The number of nitrogens with zero attached hydrogens (tertiary/aromatic N) is 1. The Morgan fingerprint density at radius 2 is 1.09 bits per heavy atom. The van der Waals surface area contributed by atoms with Crippen molar-refractivity contribution < 1.29 is 5.11 Å². The molecule has 1 saturated heterocycles. The molecule has 2 nitrogen and oxygen atoms in total. The zero-order valence-electron chi connectivity index (χ0n) is 13.6. The normalized spacial score (nSPS) is 32.8. The van der Waals surface area contributed by atoms with Gasteiger partial charge < -0.3 is 5.11 Å². The average Bonchev–Trinajstić information content (AvgIpc) is 2.55. The molecule has 1 fully saturated rings. The summed E-state index contributed by atoms with van der Waals surface area (Å²) >= 11 is 0. The van der Waals surface area contributed by atoms with E-state index >= 15 is 0 Å². The highest BCUT2D eigenvalue weighted by Gasteiger charge is 2.44. The van der Waals surface area contributed by atoms with Crippen LogP contribution in [0.5, 0.6) is 0 Å². The molecule has 0 aliphatic carbocycles. The zero-order valence-corrected chi connectivity index (χ0v) is 13.6. The summed E-state index contributed by atoms with van der Waals surface area (Å²) in [5.41, 5.74) is 2.56. The molecule has 0 bridgehead atoms. The lowest BCUT2D eigenvalue weighted by Crippen LogP contribution is -2.49. The van der Waals surface area contributed by atoms with Gasteiger partial charge in [0, 0.05) is 23.9 Å². The standard InChI is InChI=1S/C20H25NO/c1-14-18(16-10-6-4-7-11-16)21(3)19(15(2)20(14)22)17-12-8-5-9-13-17/h4-15,18-20,22H,1-3H3/t14-,15-,18-,19-/m0/s1. The molecule has 0 saturated carbocycles. The summed E-state index contributed by atoms with van der Waals surface area (Å²) in [6, 6.07) is 21.6. The minimum Gasteiger partial charge on any atom is -0.392 e. The van der Waals surface area contributed by atoms with Crippen LogP contribution in [0.25, 0.3) is 0 Å². The second-order valence-corrected chi connectivity index (χ2v) is 6.59. The van der Waals surface area contributed by atoms with Crippen molar-refractivity contribution in [2.45, 2.75) is 32.0 Å². The van der Waals surface area contributed by atoms with Crippen molar-refractivity contribution in [2.75, 3.05) is 7.05 Å². The van der Waals surface area contributed by atoms with Crippen LogP contribution in [-0.4, -0.2) is 23.2 Å². The number of aliphatic hydroxyl groups is 1. The molecule has 1 aliphatic heterocycles. The number of hydrogen-bond donors (Lipinski definition) is 1. The van der Waals surface area contributed by atoms with E-state index in [2.05, 4.69) is 74.3 Å². The lowest BCUT2D eigenvalue weighted by Gasteiger charge is -2.50. The molecule has 0 aromatic heterocycles. The van der Waals surface area contributed by atoms with Crippen molar-refractivity contribution in [1.29, 1.82) is 0 Å². The van der Waals surface area contributed by atoms with Crippen molar-refractivity contribution in [1.82, 2.24) is 4.90 Å². The minimum absolute atomic E-state index is 0.211. The van der Waals surface area contributed by atoms with Crippen molar-refractivity contribution in [3.05, 3.63) is 71.8 Å². The summed E-state index contributed by atoms with van der Waals surface area (Å²) in [6.07, 6.45) is -0.299. The Balaban J connectivity index is 2.01. The third-order valence-electron chi connectivity index (χ3n) is 5.23. The van der Waals surface area contributed by atoms with E-state index in [-0.39, 0.29) is 30.0 Å². The molecule has 2 aromatic carbocycles.